The summed E-state index contributed by atoms with van der Waals surface area (Å²) < 4.78 is 17.8. The molecule has 4 saturated heterocycles. The van der Waals surface area contributed by atoms with Crippen molar-refractivity contribution in [1.29, 1.82) is 0 Å². The minimum absolute atomic E-state index is 0.137. The van der Waals surface area contributed by atoms with Crippen molar-refractivity contribution in [2.24, 2.45) is 17.8 Å². The zero-order valence-electron chi connectivity index (χ0n) is 14.4. The van der Waals surface area contributed by atoms with Gasteiger partial charge in [-0.1, -0.05) is 22.9 Å². The molecular weight excluding hydrogens is 380 g/mol. The maximum Gasteiger partial charge on any atom is 0.338 e. The normalized spacial score (nSPS) is 52.7. The second-order valence-electron chi connectivity index (χ2n) is 7.91. The van der Waals surface area contributed by atoms with E-state index in [0.29, 0.717) is 17.9 Å². The van der Waals surface area contributed by atoms with E-state index in [-0.39, 0.29) is 17.8 Å². The summed E-state index contributed by atoms with van der Waals surface area (Å²) in [4.78, 5) is 24.5. The first-order valence-corrected chi connectivity index (χ1v) is 9.93. The number of ether oxygens (including phenoxy) is 3. The average molecular weight is 405 g/mol. The number of carbonyl (C=O) groups excluding carboxylic acids is 1. The third kappa shape index (κ3) is 2.18. The summed E-state index contributed by atoms with van der Waals surface area (Å²) in [6.07, 6.45) is 2.98. The summed E-state index contributed by atoms with van der Waals surface area (Å²) in [5.41, 5.74) is -1.80. The monoisotopic (exact) mass is 404 g/mol. The van der Waals surface area contributed by atoms with Crippen LogP contribution in [-0.2, 0) is 28.8 Å². The van der Waals surface area contributed by atoms with Gasteiger partial charge in [-0.3, -0.25) is 0 Å². The van der Waals surface area contributed by atoms with E-state index in [9.17, 15) is 4.79 Å². The zero-order chi connectivity index (χ0) is 17.2. The third-order valence-corrected chi connectivity index (χ3v) is 6.77. The number of rotatable bonds is 3. The molecule has 1 unspecified atom stereocenters. The predicted octanol–water partition coefficient (Wildman–Crippen LogP) is 2.93. The van der Waals surface area contributed by atoms with Crippen molar-refractivity contribution in [2.75, 3.05) is 11.9 Å². The van der Waals surface area contributed by atoms with E-state index in [4.69, 9.17) is 24.0 Å². The quantitative estimate of drug-likeness (QED) is 0.409. The minimum atomic E-state index is -1.07. The number of hydrogen-bond acceptors (Lipinski definition) is 6. The number of hydrogen-bond donors (Lipinski definition) is 0. The fraction of sp³-hybridized carbons (Fsp3) is 0.941. The SMILES string of the molecule is C[C@@H]1CC[C@@H]2[C@]34OO[C@@](C)(CCC13)O[C@H]4O[C@]2(C)C(=O)OCCBr. The first kappa shape index (κ1) is 17.2. The molecule has 7 atom stereocenters. The van der Waals surface area contributed by atoms with Crippen LogP contribution >= 0.6 is 15.9 Å². The molecule has 4 aliphatic heterocycles. The Balaban J connectivity index is 1.74. The fourth-order valence-corrected chi connectivity index (χ4v) is 5.34. The van der Waals surface area contributed by atoms with Crippen LogP contribution in [0.2, 0.25) is 0 Å². The van der Waals surface area contributed by atoms with Crippen LogP contribution in [0.3, 0.4) is 0 Å². The lowest BCUT2D eigenvalue weighted by Crippen LogP contribution is -2.62. The third-order valence-electron chi connectivity index (χ3n) is 6.45. The minimum Gasteiger partial charge on any atom is -0.463 e. The van der Waals surface area contributed by atoms with E-state index >= 15 is 0 Å². The van der Waals surface area contributed by atoms with Crippen LogP contribution in [0.4, 0.5) is 0 Å². The zero-order valence-corrected chi connectivity index (χ0v) is 16.0. The van der Waals surface area contributed by atoms with Crippen molar-refractivity contribution in [3.05, 3.63) is 0 Å². The lowest BCUT2D eigenvalue weighted by Gasteiger charge is -2.50. The molecule has 0 amide bonds. The molecule has 0 radical (unpaired) electrons. The van der Waals surface area contributed by atoms with Crippen LogP contribution in [0, 0.1) is 17.8 Å². The summed E-state index contributed by atoms with van der Waals surface area (Å²) in [5.74, 6) is -0.579. The van der Waals surface area contributed by atoms with Gasteiger partial charge in [-0.25, -0.2) is 14.6 Å². The smallest absolute Gasteiger partial charge is 0.338 e. The fourth-order valence-electron chi connectivity index (χ4n) is 5.18. The van der Waals surface area contributed by atoms with Gasteiger partial charge in [-0.15, -0.1) is 0 Å². The van der Waals surface area contributed by atoms with Gasteiger partial charge in [0.15, 0.2) is 17.5 Å². The first-order chi connectivity index (χ1) is 11.4. The Morgan fingerprint density at radius 3 is 2.75 bits per heavy atom. The number of fused-ring (bicyclic) bond motifs is 2. The van der Waals surface area contributed by atoms with E-state index in [0.717, 1.165) is 25.7 Å². The largest absolute Gasteiger partial charge is 0.463 e. The molecule has 5 fully saturated rings. The summed E-state index contributed by atoms with van der Waals surface area (Å²) in [5, 5.41) is 0.599. The molecule has 7 heteroatoms. The molecular formula is C17H25BrO6. The van der Waals surface area contributed by atoms with Crippen molar-refractivity contribution < 1.29 is 28.8 Å². The average Bonchev–Trinajstić information content (AvgIpc) is 2.64. The van der Waals surface area contributed by atoms with Gasteiger partial charge < -0.3 is 14.2 Å². The highest BCUT2D eigenvalue weighted by atomic mass is 79.9. The Morgan fingerprint density at radius 2 is 2.00 bits per heavy atom. The van der Waals surface area contributed by atoms with Crippen LogP contribution in [0.1, 0.15) is 46.5 Å². The molecule has 1 spiro atoms. The molecule has 5 aliphatic rings. The van der Waals surface area contributed by atoms with Gasteiger partial charge in [0, 0.05) is 17.7 Å². The Hall–Kier alpha value is -0.210. The van der Waals surface area contributed by atoms with E-state index in [1.54, 1.807) is 0 Å². The molecule has 5 rings (SSSR count). The number of alkyl halides is 1. The maximum absolute atomic E-state index is 12.8. The molecule has 24 heavy (non-hydrogen) atoms. The predicted molar refractivity (Wildman–Crippen MR) is 87.0 cm³/mol. The van der Waals surface area contributed by atoms with Gasteiger partial charge in [-0.2, -0.15) is 0 Å². The van der Waals surface area contributed by atoms with Gasteiger partial charge in [-0.05, 0) is 44.9 Å². The van der Waals surface area contributed by atoms with Gasteiger partial charge in [0.05, 0.1) is 0 Å². The Kier molecular flexibility index (Phi) is 4.05. The van der Waals surface area contributed by atoms with Crippen molar-refractivity contribution in [3.63, 3.8) is 0 Å². The molecule has 0 aromatic heterocycles. The van der Waals surface area contributed by atoms with Gasteiger partial charge in [0.1, 0.15) is 6.61 Å². The van der Waals surface area contributed by atoms with Crippen molar-refractivity contribution in [1.82, 2.24) is 0 Å². The molecule has 0 N–H and O–H groups in total. The summed E-state index contributed by atoms with van der Waals surface area (Å²) in [6, 6.07) is 0. The van der Waals surface area contributed by atoms with Crippen LogP contribution in [0.5, 0.6) is 0 Å². The lowest BCUT2D eigenvalue weighted by atomic mass is 9.60. The Morgan fingerprint density at radius 1 is 1.21 bits per heavy atom. The summed E-state index contributed by atoms with van der Waals surface area (Å²) in [7, 11) is 0. The lowest BCUT2D eigenvalue weighted by molar-refractivity contribution is -0.541. The molecule has 0 aromatic carbocycles. The molecule has 0 aromatic rings. The van der Waals surface area contributed by atoms with Gasteiger partial charge in [0.2, 0.25) is 5.79 Å². The van der Waals surface area contributed by atoms with E-state index in [2.05, 4.69) is 22.9 Å². The Labute approximate surface area is 150 Å². The van der Waals surface area contributed by atoms with E-state index < -0.39 is 23.3 Å². The standard InChI is InChI=1S/C17H25BrO6/c1-10-4-5-12-16(3,13(19)20-9-8-18)22-14-17(12)11(10)6-7-15(2,21-14)23-24-17/h10-12,14H,4-9H2,1-3H3/t10-,11?,12+,14+,15+,16+,17-/m1/s1. The molecule has 136 valence electrons. The van der Waals surface area contributed by atoms with Crippen LogP contribution in [-0.4, -0.2) is 41.2 Å². The molecule has 6 nitrogen and oxygen atoms in total. The highest BCUT2D eigenvalue weighted by Gasteiger charge is 2.76. The summed E-state index contributed by atoms with van der Waals surface area (Å²) >= 11 is 3.29. The highest BCUT2D eigenvalue weighted by Crippen LogP contribution is 2.63. The Bertz CT molecular complexity index is 543. The van der Waals surface area contributed by atoms with E-state index in [1.807, 2.05) is 13.8 Å². The van der Waals surface area contributed by atoms with E-state index in [1.165, 1.54) is 0 Å². The number of carbonyl (C=O) groups is 1. The topological polar surface area (TPSA) is 63.2 Å². The maximum atomic E-state index is 12.8. The highest BCUT2D eigenvalue weighted by molar-refractivity contribution is 9.09. The van der Waals surface area contributed by atoms with Crippen molar-refractivity contribution >= 4 is 21.9 Å². The van der Waals surface area contributed by atoms with Gasteiger partial charge >= 0.3 is 5.97 Å². The van der Waals surface area contributed by atoms with Crippen LogP contribution in [0.25, 0.3) is 0 Å². The summed E-state index contributed by atoms with van der Waals surface area (Å²) in [6.45, 7) is 6.25. The van der Waals surface area contributed by atoms with Gasteiger partial charge in [0.25, 0.3) is 0 Å². The van der Waals surface area contributed by atoms with Crippen LogP contribution in [0.15, 0.2) is 0 Å². The molecule has 4 heterocycles. The second-order valence-corrected chi connectivity index (χ2v) is 8.70. The van der Waals surface area contributed by atoms with Crippen molar-refractivity contribution in [2.45, 2.75) is 69.7 Å². The molecule has 1 aliphatic carbocycles. The second kappa shape index (κ2) is 5.64. The molecule has 2 bridgehead atoms. The van der Waals surface area contributed by atoms with Crippen LogP contribution < -0.4 is 0 Å². The molecule has 1 saturated carbocycles. The van der Waals surface area contributed by atoms with Crippen molar-refractivity contribution in [3.8, 4) is 0 Å². The first-order valence-electron chi connectivity index (χ1n) is 8.81. The number of esters is 1. The number of halogens is 1.